The molecule has 0 aliphatic carbocycles. The van der Waals surface area contributed by atoms with Crippen LogP contribution < -0.4 is 5.32 Å². The molecule has 0 aliphatic heterocycles. The molecule has 0 saturated carbocycles. The summed E-state index contributed by atoms with van der Waals surface area (Å²) in [5.41, 5.74) is 2.56. The van der Waals surface area contributed by atoms with Crippen LogP contribution in [-0.2, 0) is 11.3 Å². The monoisotopic (exact) mass is 357 g/mol. The van der Waals surface area contributed by atoms with Crippen molar-refractivity contribution in [3.05, 3.63) is 50.8 Å². The number of aryl methyl sites for hydroxylation is 1. The third kappa shape index (κ3) is 3.16. The Balaban J connectivity index is 2.15. The third-order valence-electron chi connectivity index (χ3n) is 2.84. The Labute approximate surface area is 130 Å². The predicted octanol–water partition coefficient (Wildman–Crippen LogP) is 4.40. The van der Waals surface area contributed by atoms with E-state index in [1.807, 2.05) is 19.1 Å². The van der Waals surface area contributed by atoms with Crippen molar-refractivity contribution in [1.82, 2.24) is 0 Å². The zero-order valence-electron chi connectivity index (χ0n) is 11.0. The summed E-state index contributed by atoms with van der Waals surface area (Å²) in [5, 5.41) is 3.88. The first-order valence-electron chi connectivity index (χ1n) is 5.87. The molecule has 1 N–H and O–H groups in total. The van der Waals surface area contributed by atoms with Crippen LogP contribution >= 0.6 is 27.5 Å². The van der Waals surface area contributed by atoms with E-state index in [-0.39, 0.29) is 5.76 Å². The van der Waals surface area contributed by atoms with Gasteiger partial charge in [-0.15, -0.1) is 0 Å². The van der Waals surface area contributed by atoms with Gasteiger partial charge in [0, 0.05) is 21.6 Å². The zero-order chi connectivity index (χ0) is 14.7. The van der Waals surface area contributed by atoms with E-state index in [4.69, 9.17) is 16.0 Å². The van der Waals surface area contributed by atoms with Gasteiger partial charge in [-0.05, 0) is 46.6 Å². The first-order valence-corrected chi connectivity index (χ1v) is 7.04. The van der Waals surface area contributed by atoms with Gasteiger partial charge in [0.05, 0.1) is 19.1 Å². The maximum atomic E-state index is 11.5. The van der Waals surface area contributed by atoms with E-state index in [2.05, 4.69) is 26.0 Å². The van der Waals surface area contributed by atoms with Crippen molar-refractivity contribution in [2.24, 2.45) is 0 Å². The number of rotatable bonds is 4. The summed E-state index contributed by atoms with van der Waals surface area (Å²) in [6.45, 7) is 2.36. The molecular formula is C14H13BrClNO3. The van der Waals surface area contributed by atoms with Crippen LogP contribution in [0, 0.1) is 6.92 Å². The Kier molecular flexibility index (Phi) is 4.73. The van der Waals surface area contributed by atoms with Crippen LogP contribution in [0.15, 0.2) is 33.4 Å². The SMILES string of the molecule is COC(=O)c1occc1CNc1cc(Cl)c(C)cc1Br. The van der Waals surface area contributed by atoms with E-state index in [0.717, 1.165) is 21.3 Å². The molecule has 0 radical (unpaired) electrons. The van der Waals surface area contributed by atoms with Crippen molar-refractivity contribution in [3.8, 4) is 0 Å². The number of ether oxygens (including phenoxy) is 1. The lowest BCUT2D eigenvalue weighted by Crippen LogP contribution is -2.07. The summed E-state index contributed by atoms with van der Waals surface area (Å²) < 4.78 is 10.7. The van der Waals surface area contributed by atoms with Gasteiger partial charge in [0.15, 0.2) is 0 Å². The van der Waals surface area contributed by atoms with E-state index in [0.29, 0.717) is 11.6 Å². The summed E-state index contributed by atoms with van der Waals surface area (Å²) in [4.78, 5) is 11.5. The molecular weight excluding hydrogens is 346 g/mol. The Bertz CT molecular complexity index is 639. The topological polar surface area (TPSA) is 51.5 Å². The second-order valence-corrected chi connectivity index (χ2v) is 5.46. The molecule has 1 aromatic carbocycles. The number of hydrogen-bond donors (Lipinski definition) is 1. The number of nitrogens with one attached hydrogen (secondary N) is 1. The highest BCUT2D eigenvalue weighted by Crippen LogP contribution is 2.29. The lowest BCUT2D eigenvalue weighted by Gasteiger charge is -2.10. The molecule has 106 valence electrons. The van der Waals surface area contributed by atoms with Crippen molar-refractivity contribution in [3.63, 3.8) is 0 Å². The smallest absolute Gasteiger partial charge is 0.374 e. The average Bonchev–Trinajstić information content (AvgIpc) is 2.89. The molecule has 0 saturated heterocycles. The number of carbonyl (C=O) groups is 1. The Hall–Kier alpha value is -1.46. The van der Waals surface area contributed by atoms with E-state index in [1.165, 1.54) is 13.4 Å². The molecule has 0 unspecified atom stereocenters. The molecule has 1 heterocycles. The highest BCUT2D eigenvalue weighted by atomic mass is 79.9. The molecule has 0 atom stereocenters. The normalized spacial score (nSPS) is 10.4. The molecule has 0 amide bonds. The van der Waals surface area contributed by atoms with Crippen LogP contribution in [0.1, 0.15) is 21.7 Å². The quantitative estimate of drug-likeness (QED) is 0.823. The number of hydrogen-bond acceptors (Lipinski definition) is 4. The van der Waals surface area contributed by atoms with E-state index < -0.39 is 5.97 Å². The van der Waals surface area contributed by atoms with Crippen LogP contribution in [0.5, 0.6) is 0 Å². The molecule has 6 heteroatoms. The molecule has 1 aromatic heterocycles. The maximum Gasteiger partial charge on any atom is 0.374 e. The minimum absolute atomic E-state index is 0.203. The number of esters is 1. The van der Waals surface area contributed by atoms with Gasteiger partial charge in [-0.3, -0.25) is 0 Å². The van der Waals surface area contributed by atoms with E-state index >= 15 is 0 Å². The van der Waals surface area contributed by atoms with Gasteiger partial charge in [0.2, 0.25) is 5.76 Å². The van der Waals surface area contributed by atoms with Gasteiger partial charge < -0.3 is 14.5 Å². The van der Waals surface area contributed by atoms with Crippen molar-refractivity contribution in [1.29, 1.82) is 0 Å². The van der Waals surface area contributed by atoms with Crippen molar-refractivity contribution in [2.45, 2.75) is 13.5 Å². The van der Waals surface area contributed by atoms with E-state index in [1.54, 1.807) is 6.07 Å². The van der Waals surface area contributed by atoms with Gasteiger partial charge in [0.25, 0.3) is 0 Å². The maximum absolute atomic E-state index is 11.5. The molecule has 0 aliphatic rings. The van der Waals surface area contributed by atoms with Gasteiger partial charge >= 0.3 is 5.97 Å². The van der Waals surface area contributed by atoms with Crippen LogP contribution in [0.3, 0.4) is 0 Å². The molecule has 4 nitrogen and oxygen atoms in total. The number of anilines is 1. The van der Waals surface area contributed by atoms with Gasteiger partial charge in [-0.25, -0.2) is 4.79 Å². The fraction of sp³-hybridized carbons (Fsp3) is 0.214. The first kappa shape index (κ1) is 14.9. The summed E-state index contributed by atoms with van der Waals surface area (Å²) in [5.74, 6) is -0.290. The number of methoxy groups -OCH3 is 1. The summed E-state index contributed by atoms with van der Waals surface area (Å²) in [6, 6.07) is 5.49. The van der Waals surface area contributed by atoms with Gasteiger partial charge in [-0.1, -0.05) is 11.6 Å². The zero-order valence-corrected chi connectivity index (χ0v) is 13.3. The number of benzene rings is 1. The molecule has 20 heavy (non-hydrogen) atoms. The number of halogens is 2. The fourth-order valence-electron chi connectivity index (χ4n) is 1.72. The van der Waals surface area contributed by atoms with Crippen LogP contribution in [0.25, 0.3) is 0 Å². The van der Waals surface area contributed by atoms with Crippen molar-refractivity contribution in [2.75, 3.05) is 12.4 Å². The lowest BCUT2D eigenvalue weighted by molar-refractivity contribution is 0.0563. The second-order valence-electron chi connectivity index (χ2n) is 4.20. The minimum atomic E-state index is -0.493. The predicted molar refractivity (Wildman–Crippen MR) is 81.3 cm³/mol. The van der Waals surface area contributed by atoms with Gasteiger partial charge in [-0.2, -0.15) is 0 Å². The standard InChI is InChI=1S/C14H13BrClNO3/c1-8-5-10(15)12(6-11(8)16)17-7-9-3-4-20-13(9)14(18)19-2/h3-6,17H,7H2,1-2H3. The first-order chi connectivity index (χ1) is 9.52. The largest absolute Gasteiger partial charge is 0.463 e. The highest BCUT2D eigenvalue weighted by molar-refractivity contribution is 9.10. The Morgan fingerprint density at radius 3 is 2.95 bits per heavy atom. The number of carbonyl (C=O) groups excluding carboxylic acids is 1. The molecule has 0 spiro atoms. The average molecular weight is 359 g/mol. The fourth-order valence-corrected chi connectivity index (χ4v) is 2.48. The Morgan fingerprint density at radius 2 is 2.25 bits per heavy atom. The van der Waals surface area contributed by atoms with Crippen molar-refractivity contribution >= 4 is 39.2 Å². The van der Waals surface area contributed by atoms with Crippen LogP contribution in [-0.4, -0.2) is 13.1 Å². The highest BCUT2D eigenvalue weighted by Gasteiger charge is 2.15. The summed E-state index contributed by atoms with van der Waals surface area (Å²) >= 11 is 9.57. The van der Waals surface area contributed by atoms with Crippen molar-refractivity contribution < 1.29 is 13.9 Å². The minimum Gasteiger partial charge on any atom is -0.463 e. The second kappa shape index (κ2) is 6.33. The van der Waals surface area contributed by atoms with Gasteiger partial charge in [0.1, 0.15) is 0 Å². The Morgan fingerprint density at radius 1 is 1.50 bits per heavy atom. The van der Waals surface area contributed by atoms with Crippen LogP contribution in [0.4, 0.5) is 5.69 Å². The lowest BCUT2D eigenvalue weighted by atomic mass is 10.2. The molecule has 2 rings (SSSR count). The van der Waals surface area contributed by atoms with Crippen LogP contribution in [0.2, 0.25) is 5.02 Å². The third-order valence-corrected chi connectivity index (χ3v) is 3.90. The molecule has 0 bridgehead atoms. The number of furan rings is 1. The molecule has 2 aromatic rings. The summed E-state index contributed by atoms with van der Waals surface area (Å²) in [7, 11) is 1.32. The van der Waals surface area contributed by atoms with E-state index in [9.17, 15) is 4.79 Å². The summed E-state index contributed by atoms with van der Waals surface area (Å²) in [6.07, 6.45) is 1.46. The molecule has 0 fully saturated rings.